The number of fused-ring (bicyclic) bond motifs is 1. The van der Waals surface area contributed by atoms with E-state index in [1.165, 1.54) is 0 Å². The highest BCUT2D eigenvalue weighted by Gasteiger charge is 2.01. The Hall–Kier alpha value is -1.84. The summed E-state index contributed by atoms with van der Waals surface area (Å²) in [5, 5.41) is 3.05. The van der Waals surface area contributed by atoms with Crippen LogP contribution >= 0.6 is 0 Å². The van der Waals surface area contributed by atoms with Crippen LogP contribution in [0.2, 0.25) is 0 Å². The SMILES string of the molecule is CC(=O)CNc1ccc2c(c1)ncn2C. The maximum atomic E-state index is 10.8. The van der Waals surface area contributed by atoms with Crippen molar-refractivity contribution in [2.45, 2.75) is 6.92 Å². The molecule has 0 atom stereocenters. The van der Waals surface area contributed by atoms with Gasteiger partial charge in [0.1, 0.15) is 5.78 Å². The zero-order valence-electron chi connectivity index (χ0n) is 8.82. The van der Waals surface area contributed by atoms with Crippen LogP contribution in [0, 0.1) is 0 Å². The van der Waals surface area contributed by atoms with Crippen molar-refractivity contribution in [1.29, 1.82) is 0 Å². The molecule has 2 rings (SSSR count). The lowest BCUT2D eigenvalue weighted by Gasteiger charge is -2.03. The molecule has 0 spiro atoms. The summed E-state index contributed by atoms with van der Waals surface area (Å²) in [4.78, 5) is 15.0. The Balaban J connectivity index is 2.27. The van der Waals surface area contributed by atoms with Crippen molar-refractivity contribution in [2.75, 3.05) is 11.9 Å². The van der Waals surface area contributed by atoms with Gasteiger partial charge < -0.3 is 9.88 Å². The van der Waals surface area contributed by atoms with Crippen LogP contribution in [-0.4, -0.2) is 21.9 Å². The van der Waals surface area contributed by atoms with Gasteiger partial charge in [-0.05, 0) is 25.1 Å². The summed E-state index contributed by atoms with van der Waals surface area (Å²) in [6, 6.07) is 5.88. The van der Waals surface area contributed by atoms with Crippen LogP contribution in [-0.2, 0) is 11.8 Å². The highest BCUT2D eigenvalue weighted by Crippen LogP contribution is 2.16. The van der Waals surface area contributed by atoms with Crippen molar-refractivity contribution >= 4 is 22.5 Å². The van der Waals surface area contributed by atoms with E-state index in [0.29, 0.717) is 6.54 Å². The van der Waals surface area contributed by atoms with E-state index in [4.69, 9.17) is 0 Å². The van der Waals surface area contributed by atoms with Crippen LogP contribution in [0.15, 0.2) is 24.5 Å². The van der Waals surface area contributed by atoms with Crippen LogP contribution in [0.4, 0.5) is 5.69 Å². The smallest absolute Gasteiger partial charge is 0.148 e. The average molecular weight is 203 g/mol. The Morgan fingerprint density at radius 2 is 2.33 bits per heavy atom. The molecule has 0 saturated heterocycles. The third-order valence-electron chi connectivity index (χ3n) is 2.27. The van der Waals surface area contributed by atoms with E-state index in [9.17, 15) is 4.79 Å². The first-order valence-electron chi connectivity index (χ1n) is 4.81. The summed E-state index contributed by atoms with van der Waals surface area (Å²) in [6.07, 6.45) is 1.78. The molecule has 0 saturated carbocycles. The van der Waals surface area contributed by atoms with Crippen molar-refractivity contribution in [1.82, 2.24) is 9.55 Å². The van der Waals surface area contributed by atoms with Crippen LogP contribution in [0.1, 0.15) is 6.92 Å². The maximum absolute atomic E-state index is 10.8. The molecule has 0 amide bonds. The van der Waals surface area contributed by atoms with Gasteiger partial charge in [-0.2, -0.15) is 0 Å². The fourth-order valence-electron chi connectivity index (χ4n) is 1.47. The Morgan fingerprint density at radius 3 is 3.07 bits per heavy atom. The molecule has 4 heteroatoms. The maximum Gasteiger partial charge on any atom is 0.148 e. The molecule has 78 valence electrons. The van der Waals surface area contributed by atoms with Crippen LogP contribution in [0.25, 0.3) is 11.0 Å². The molecule has 0 unspecified atom stereocenters. The van der Waals surface area contributed by atoms with Gasteiger partial charge >= 0.3 is 0 Å². The van der Waals surface area contributed by atoms with Gasteiger partial charge in [-0.15, -0.1) is 0 Å². The predicted molar refractivity (Wildman–Crippen MR) is 59.9 cm³/mol. The van der Waals surface area contributed by atoms with Gasteiger partial charge in [-0.3, -0.25) is 4.79 Å². The highest BCUT2D eigenvalue weighted by molar-refractivity contribution is 5.83. The van der Waals surface area contributed by atoms with Crippen molar-refractivity contribution in [3.63, 3.8) is 0 Å². The Kier molecular flexibility index (Phi) is 2.41. The van der Waals surface area contributed by atoms with Crippen LogP contribution < -0.4 is 5.32 Å². The minimum absolute atomic E-state index is 0.121. The Labute approximate surface area is 87.9 Å². The summed E-state index contributed by atoms with van der Waals surface area (Å²) < 4.78 is 1.96. The summed E-state index contributed by atoms with van der Waals surface area (Å²) in [5.74, 6) is 0.121. The number of nitrogens with zero attached hydrogens (tertiary/aromatic N) is 2. The molecular weight excluding hydrogens is 190 g/mol. The number of hydrogen-bond acceptors (Lipinski definition) is 3. The third-order valence-corrected chi connectivity index (χ3v) is 2.27. The van der Waals surface area contributed by atoms with Gasteiger partial charge in [-0.25, -0.2) is 4.98 Å². The molecule has 0 radical (unpaired) electrons. The molecule has 1 aromatic carbocycles. The fourth-order valence-corrected chi connectivity index (χ4v) is 1.47. The first kappa shape index (κ1) is 9.71. The molecule has 2 aromatic rings. The van der Waals surface area contributed by atoms with E-state index in [-0.39, 0.29) is 5.78 Å². The average Bonchev–Trinajstić information content (AvgIpc) is 2.57. The molecule has 4 nitrogen and oxygen atoms in total. The van der Waals surface area contributed by atoms with E-state index >= 15 is 0 Å². The number of anilines is 1. The first-order chi connectivity index (χ1) is 7.16. The lowest BCUT2D eigenvalue weighted by Crippen LogP contribution is -2.09. The lowest BCUT2D eigenvalue weighted by molar-refractivity contribution is -0.115. The third kappa shape index (κ3) is 1.98. The van der Waals surface area contributed by atoms with E-state index in [2.05, 4.69) is 10.3 Å². The molecular formula is C11H13N3O. The number of aromatic nitrogens is 2. The molecule has 1 heterocycles. The summed E-state index contributed by atoms with van der Waals surface area (Å²) in [7, 11) is 1.96. The number of carbonyl (C=O) groups is 1. The number of hydrogen-bond donors (Lipinski definition) is 1. The van der Waals surface area contributed by atoms with Crippen molar-refractivity contribution in [2.24, 2.45) is 7.05 Å². The van der Waals surface area contributed by atoms with Gasteiger partial charge in [0.2, 0.25) is 0 Å². The molecule has 0 fully saturated rings. The topological polar surface area (TPSA) is 46.9 Å². The number of Topliss-reactive ketones (excluding diaryl/α,β-unsaturated/α-hetero) is 1. The lowest BCUT2D eigenvalue weighted by atomic mass is 10.2. The van der Waals surface area contributed by atoms with Crippen molar-refractivity contribution in [3.8, 4) is 0 Å². The van der Waals surface area contributed by atoms with E-state index in [1.807, 2.05) is 29.8 Å². The monoisotopic (exact) mass is 203 g/mol. The van der Waals surface area contributed by atoms with Crippen molar-refractivity contribution in [3.05, 3.63) is 24.5 Å². The summed E-state index contributed by atoms with van der Waals surface area (Å²) >= 11 is 0. The minimum Gasteiger partial charge on any atom is -0.378 e. The predicted octanol–water partition coefficient (Wildman–Crippen LogP) is 1.57. The second-order valence-corrected chi connectivity index (χ2v) is 3.61. The number of ketones is 1. The standard InChI is InChI=1S/C11H13N3O/c1-8(15)6-12-9-3-4-11-10(5-9)13-7-14(11)2/h3-5,7,12H,6H2,1-2H3. The Bertz CT molecular complexity index is 502. The summed E-state index contributed by atoms with van der Waals surface area (Å²) in [5.41, 5.74) is 2.95. The molecule has 1 N–H and O–H groups in total. The molecule has 0 bridgehead atoms. The molecule has 1 aromatic heterocycles. The Morgan fingerprint density at radius 1 is 1.53 bits per heavy atom. The molecule has 0 aliphatic rings. The second kappa shape index (κ2) is 3.73. The number of aryl methyl sites for hydroxylation is 1. The van der Waals surface area contributed by atoms with Gasteiger partial charge in [-0.1, -0.05) is 0 Å². The number of imidazole rings is 1. The van der Waals surface area contributed by atoms with Gasteiger partial charge in [0.15, 0.2) is 0 Å². The molecule has 0 aliphatic carbocycles. The first-order valence-corrected chi connectivity index (χ1v) is 4.81. The largest absolute Gasteiger partial charge is 0.378 e. The van der Waals surface area contributed by atoms with Crippen LogP contribution in [0.3, 0.4) is 0 Å². The normalized spacial score (nSPS) is 10.5. The van der Waals surface area contributed by atoms with E-state index in [1.54, 1.807) is 13.3 Å². The second-order valence-electron chi connectivity index (χ2n) is 3.61. The van der Waals surface area contributed by atoms with Crippen molar-refractivity contribution < 1.29 is 4.79 Å². The van der Waals surface area contributed by atoms with Gasteiger partial charge in [0, 0.05) is 12.7 Å². The van der Waals surface area contributed by atoms with E-state index < -0.39 is 0 Å². The fraction of sp³-hybridized carbons (Fsp3) is 0.273. The minimum atomic E-state index is 0.121. The number of rotatable bonds is 3. The van der Waals surface area contributed by atoms with Gasteiger partial charge in [0.25, 0.3) is 0 Å². The number of nitrogens with one attached hydrogen (secondary N) is 1. The highest BCUT2D eigenvalue weighted by atomic mass is 16.1. The number of benzene rings is 1. The van der Waals surface area contributed by atoms with Crippen LogP contribution in [0.5, 0.6) is 0 Å². The van der Waals surface area contributed by atoms with E-state index in [0.717, 1.165) is 16.7 Å². The van der Waals surface area contributed by atoms with Gasteiger partial charge in [0.05, 0.1) is 23.9 Å². The molecule has 0 aliphatic heterocycles. The quantitative estimate of drug-likeness (QED) is 0.823. The zero-order chi connectivity index (χ0) is 10.8. The zero-order valence-corrected chi connectivity index (χ0v) is 8.82. The number of carbonyl (C=O) groups excluding carboxylic acids is 1. The molecule has 15 heavy (non-hydrogen) atoms. The summed E-state index contributed by atoms with van der Waals surface area (Å²) in [6.45, 7) is 1.92.